The molecule has 5 nitrogen and oxygen atoms in total. The summed E-state index contributed by atoms with van der Waals surface area (Å²) in [4.78, 5) is 11.8. The van der Waals surface area contributed by atoms with Gasteiger partial charge in [0.25, 0.3) is 0 Å². The molecule has 1 heterocycles. The molecule has 0 bridgehead atoms. The second-order valence-electron chi connectivity index (χ2n) is 5.70. The Morgan fingerprint density at radius 3 is 2.43 bits per heavy atom. The van der Waals surface area contributed by atoms with Gasteiger partial charge in [-0.25, -0.2) is 0 Å². The van der Waals surface area contributed by atoms with Crippen molar-refractivity contribution in [3.05, 3.63) is 23.7 Å². The maximum Gasteiger partial charge on any atom is 0.425 e. The molecule has 1 aromatic heterocycles. The maximum absolute atomic E-state index is 13.2. The number of amides is 1. The molecule has 0 saturated heterocycles. The van der Waals surface area contributed by atoms with Crippen LogP contribution in [0.5, 0.6) is 0 Å². The summed E-state index contributed by atoms with van der Waals surface area (Å²) in [5.41, 5.74) is -3.41. The molecule has 132 valence electrons. The summed E-state index contributed by atoms with van der Waals surface area (Å²) in [6.07, 6.45) is -6.52. The zero-order valence-corrected chi connectivity index (χ0v) is 13.3. The molecule has 1 amide bonds. The van der Waals surface area contributed by atoms with Gasteiger partial charge in [-0.1, -0.05) is 20.3 Å². The van der Waals surface area contributed by atoms with Crippen LogP contribution in [-0.2, 0) is 10.4 Å². The zero-order chi connectivity index (χ0) is 17.8. The number of hydrogen-bond acceptors (Lipinski definition) is 4. The summed E-state index contributed by atoms with van der Waals surface area (Å²) in [6, 6.07) is 2.26. The van der Waals surface area contributed by atoms with Gasteiger partial charge >= 0.3 is 6.18 Å². The minimum Gasteiger partial charge on any atom is -0.463 e. The molecule has 0 fully saturated rings. The molecular formula is C15H22F3NO4. The van der Waals surface area contributed by atoms with E-state index in [0.29, 0.717) is 6.42 Å². The summed E-state index contributed by atoms with van der Waals surface area (Å²) in [5, 5.41) is 21.9. The van der Waals surface area contributed by atoms with Gasteiger partial charge in [0.15, 0.2) is 0 Å². The van der Waals surface area contributed by atoms with Crippen LogP contribution < -0.4 is 5.32 Å². The number of halogens is 3. The first kappa shape index (κ1) is 19.5. The largest absolute Gasteiger partial charge is 0.463 e. The lowest BCUT2D eigenvalue weighted by atomic mass is 9.95. The molecule has 3 atom stereocenters. The van der Waals surface area contributed by atoms with Crippen LogP contribution in [0.1, 0.15) is 38.2 Å². The molecule has 3 unspecified atom stereocenters. The third kappa shape index (κ3) is 4.71. The molecule has 8 heteroatoms. The highest BCUT2D eigenvalue weighted by Gasteiger charge is 2.58. The molecule has 0 saturated carbocycles. The van der Waals surface area contributed by atoms with Crippen LogP contribution in [0, 0.1) is 12.8 Å². The van der Waals surface area contributed by atoms with Crippen LogP contribution in [0.15, 0.2) is 16.5 Å². The fourth-order valence-corrected chi connectivity index (χ4v) is 1.97. The fraction of sp³-hybridized carbons (Fsp3) is 0.667. The van der Waals surface area contributed by atoms with Crippen LogP contribution in [0.2, 0.25) is 0 Å². The molecule has 0 aliphatic rings. The maximum atomic E-state index is 13.2. The van der Waals surface area contributed by atoms with Gasteiger partial charge in [-0.05, 0) is 25.0 Å². The molecule has 0 radical (unpaired) electrons. The van der Waals surface area contributed by atoms with Crippen molar-refractivity contribution < 1.29 is 32.6 Å². The van der Waals surface area contributed by atoms with E-state index in [1.165, 1.54) is 13.0 Å². The van der Waals surface area contributed by atoms with E-state index in [1.807, 2.05) is 6.92 Å². The monoisotopic (exact) mass is 337 g/mol. The standard InChI is InChI=1S/C15H22F3NO4/c1-4-9(2)11(20)8-19-13(21)7-14(22,15(16,17)18)12-6-5-10(3)23-12/h5-6,9,11,20,22H,4,7-8H2,1-3H3,(H,19,21). The summed E-state index contributed by atoms with van der Waals surface area (Å²) in [5.74, 6) is -1.68. The van der Waals surface area contributed by atoms with E-state index < -0.39 is 36.0 Å². The predicted molar refractivity (Wildman–Crippen MR) is 76.5 cm³/mol. The number of carbonyl (C=O) groups is 1. The normalized spacial score (nSPS) is 17.4. The van der Waals surface area contributed by atoms with Crippen molar-refractivity contribution >= 4 is 5.91 Å². The minimum absolute atomic E-state index is 0.107. The quantitative estimate of drug-likeness (QED) is 0.713. The van der Waals surface area contributed by atoms with Gasteiger partial charge in [0.1, 0.15) is 11.5 Å². The number of furan rings is 1. The lowest BCUT2D eigenvalue weighted by molar-refractivity contribution is -0.273. The Morgan fingerprint density at radius 1 is 1.39 bits per heavy atom. The number of hydrogen-bond donors (Lipinski definition) is 3. The zero-order valence-electron chi connectivity index (χ0n) is 13.3. The fourth-order valence-electron chi connectivity index (χ4n) is 1.97. The second kappa shape index (κ2) is 7.35. The number of aliphatic hydroxyl groups is 2. The van der Waals surface area contributed by atoms with Crippen LogP contribution in [0.25, 0.3) is 0 Å². The smallest absolute Gasteiger partial charge is 0.425 e. The van der Waals surface area contributed by atoms with Gasteiger partial charge in [0, 0.05) is 6.54 Å². The van der Waals surface area contributed by atoms with Gasteiger partial charge in [-0.2, -0.15) is 13.2 Å². The van der Waals surface area contributed by atoms with Gasteiger partial charge in [-0.15, -0.1) is 0 Å². The van der Waals surface area contributed by atoms with Crippen LogP contribution in [0.3, 0.4) is 0 Å². The Balaban J connectivity index is 2.81. The number of nitrogens with one attached hydrogen (secondary N) is 1. The first-order valence-electron chi connectivity index (χ1n) is 7.32. The number of carbonyl (C=O) groups excluding carboxylic acids is 1. The van der Waals surface area contributed by atoms with Crippen molar-refractivity contribution in [1.82, 2.24) is 5.32 Å². The molecule has 1 aromatic rings. The van der Waals surface area contributed by atoms with E-state index in [0.717, 1.165) is 6.07 Å². The number of alkyl halides is 3. The molecule has 1 rings (SSSR count). The summed E-state index contributed by atoms with van der Waals surface area (Å²) in [7, 11) is 0. The van der Waals surface area contributed by atoms with Crippen LogP contribution >= 0.6 is 0 Å². The van der Waals surface area contributed by atoms with E-state index >= 15 is 0 Å². The second-order valence-corrected chi connectivity index (χ2v) is 5.70. The van der Waals surface area contributed by atoms with E-state index in [9.17, 15) is 28.2 Å². The third-order valence-corrected chi connectivity index (χ3v) is 3.84. The lowest BCUT2D eigenvalue weighted by Crippen LogP contribution is -2.47. The van der Waals surface area contributed by atoms with Crippen molar-refractivity contribution in [3.8, 4) is 0 Å². The van der Waals surface area contributed by atoms with Crippen molar-refractivity contribution in [2.75, 3.05) is 6.54 Å². The van der Waals surface area contributed by atoms with Crippen LogP contribution in [0.4, 0.5) is 13.2 Å². The highest BCUT2D eigenvalue weighted by atomic mass is 19.4. The van der Waals surface area contributed by atoms with Gasteiger partial charge in [0.05, 0.1) is 12.5 Å². The molecule has 0 aliphatic carbocycles. The van der Waals surface area contributed by atoms with E-state index in [4.69, 9.17) is 4.42 Å². The number of aliphatic hydroxyl groups excluding tert-OH is 1. The Labute approximate surface area is 132 Å². The highest BCUT2D eigenvalue weighted by molar-refractivity contribution is 5.77. The Hall–Kier alpha value is -1.54. The van der Waals surface area contributed by atoms with Crippen molar-refractivity contribution in [1.29, 1.82) is 0 Å². The van der Waals surface area contributed by atoms with E-state index in [-0.39, 0.29) is 18.2 Å². The van der Waals surface area contributed by atoms with Crippen LogP contribution in [-0.4, -0.2) is 34.9 Å². The summed E-state index contributed by atoms with van der Waals surface area (Å²) >= 11 is 0. The molecule has 3 N–H and O–H groups in total. The first-order chi connectivity index (χ1) is 10.5. The van der Waals surface area contributed by atoms with E-state index in [1.54, 1.807) is 6.92 Å². The Kier molecular flexibility index (Phi) is 6.24. The molecule has 0 aliphatic heterocycles. The number of aryl methyl sites for hydroxylation is 1. The average Bonchev–Trinajstić information content (AvgIpc) is 2.89. The van der Waals surface area contributed by atoms with E-state index in [2.05, 4.69) is 5.32 Å². The molecular weight excluding hydrogens is 315 g/mol. The lowest BCUT2D eigenvalue weighted by Gasteiger charge is -2.28. The summed E-state index contributed by atoms with van der Waals surface area (Å²) < 4.78 is 44.5. The van der Waals surface area contributed by atoms with Crippen molar-refractivity contribution in [2.24, 2.45) is 5.92 Å². The van der Waals surface area contributed by atoms with Gasteiger partial charge in [0.2, 0.25) is 11.5 Å². The Bertz CT molecular complexity index is 529. The average molecular weight is 337 g/mol. The molecule has 0 spiro atoms. The minimum atomic E-state index is -5.08. The highest BCUT2D eigenvalue weighted by Crippen LogP contribution is 2.42. The number of rotatable bonds is 7. The molecule has 0 aromatic carbocycles. The molecule has 23 heavy (non-hydrogen) atoms. The predicted octanol–water partition coefficient (Wildman–Crippen LogP) is 2.25. The first-order valence-corrected chi connectivity index (χ1v) is 7.32. The summed E-state index contributed by atoms with van der Waals surface area (Å²) in [6.45, 7) is 4.85. The van der Waals surface area contributed by atoms with Gasteiger partial charge in [-0.3, -0.25) is 4.79 Å². The topological polar surface area (TPSA) is 82.7 Å². The van der Waals surface area contributed by atoms with Gasteiger partial charge < -0.3 is 19.9 Å². The SMILES string of the molecule is CCC(C)C(O)CNC(=O)CC(O)(c1ccc(C)o1)C(F)(F)F. The van der Waals surface area contributed by atoms with Crippen molar-refractivity contribution in [2.45, 2.75) is 51.5 Å². The Morgan fingerprint density at radius 2 is 2.00 bits per heavy atom. The third-order valence-electron chi connectivity index (χ3n) is 3.84. The van der Waals surface area contributed by atoms with Crippen molar-refractivity contribution in [3.63, 3.8) is 0 Å².